The quantitative estimate of drug-likeness (QED) is 0.796. The Balaban J connectivity index is 1.55. The number of hydrogen-bond acceptors (Lipinski definition) is 4. The van der Waals surface area contributed by atoms with Crippen LogP contribution < -0.4 is 10.6 Å². The second-order valence-electron chi connectivity index (χ2n) is 5.04. The molecular weight excluding hydrogens is 226 g/mol. The Morgan fingerprint density at radius 1 is 1.44 bits per heavy atom. The van der Waals surface area contributed by atoms with Gasteiger partial charge in [-0.25, -0.2) is 4.52 Å². The zero-order chi connectivity index (χ0) is 12.4. The van der Waals surface area contributed by atoms with Crippen LogP contribution >= 0.6 is 0 Å². The summed E-state index contributed by atoms with van der Waals surface area (Å²) in [6.45, 7) is 4.07. The molecule has 18 heavy (non-hydrogen) atoms. The molecule has 1 aliphatic rings. The molecule has 0 bridgehead atoms. The van der Waals surface area contributed by atoms with Gasteiger partial charge in [-0.1, -0.05) is 0 Å². The second-order valence-corrected chi connectivity index (χ2v) is 5.04. The predicted octanol–water partition coefficient (Wildman–Crippen LogP) is 0.959. The number of fused-ring (bicyclic) bond motifs is 1. The highest BCUT2D eigenvalue weighted by atomic mass is 15.2. The van der Waals surface area contributed by atoms with Gasteiger partial charge in [0, 0.05) is 43.1 Å². The number of rotatable bonds is 6. The Morgan fingerprint density at radius 3 is 3.17 bits per heavy atom. The van der Waals surface area contributed by atoms with Gasteiger partial charge in [-0.05, 0) is 19.8 Å². The fourth-order valence-electron chi connectivity index (χ4n) is 2.01. The third-order valence-electron chi connectivity index (χ3n) is 3.34. The zero-order valence-electron chi connectivity index (χ0n) is 10.6. The first-order valence-corrected chi connectivity index (χ1v) is 6.56. The predicted molar refractivity (Wildman–Crippen MR) is 70.3 cm³/mol. The van der Waals surface area contributed by atoms with Crippen molar-refractivity contribution in [1.29, 1.82) is 0 Å². The molecule has 5 heteroatoms. The van der Waals surface area contributed by atoms with Crippen molar-refractivity contribution in [3.05, 3.63) is 30.4 Å². The molecule has 2 N–H and O–H groups in total. The lowest BCUT2D eigenvalue weighted by atomic mass is 10.2. The maximum Gasteiger partial charge on any atom is 0.0889 e. The Hall–Kier alpha value is -1.46. The molecule has 0 saturated heterocycles. The molecule has 0 spiro atoms. The van der Waals surface area contributed by atoms with Crippen LogP contribution in [-0.2, 0) is 6.54 Å². The summed E-state index contributed by atoms with van der Waals surface area (Å²) in [5, 5.41) is 11.3. The van der Waals surface area contributed by atoms with Crippen molar-refractivity contribution in [3.8, 4) is 0 Å². The van der Waals surface area contributed by atoms with Gasteiger partial charge in [0.15, 0.2) is 0 Å². The number of aromatic nitrogens is 3. The van der Waals surface area contributed by atoms with Crippen LogP contribution in [0.4, 0.5) is 0 Å². The number of nitrogens with zero attached hydrogens (tertiary/aromatic N) is 3. The molecule has 1 fully saturated rings. The van der Waals surface area contributed by atoms with E-state index in [4.69, 9.17) is 0 Å². The largest absolute Gasteiger partial charge is 0.312 e. The number of nitrogens with one attached hydrogen (secondary N) is 2. The van der Waals surface area contributed by atoms with Crippen LogP contribution in [0.25, 0.3) is 5.52 Å². The molecule has 3 rings (SSSR count). The van der Waals surface area contributed by atoms with E-state index in [1.807, 2.05) is 23.1 Å². The third-order valence-corrected chi connectivity index (χ3v) is 3.34. The van der Waals surface area contributed by atoms with Gasteiger partial charge < -0.3 is 10.6 Å². The highest BCUT2D eigenvalue weighted by Crippen LogP contribution is 2.18. The van der Waals surface area contributed by atoms with Gasteiger partial charge >= 0.3 is 0 Å². The molecule has 0 aliphatic heterocycles. The van der Waals surface area contributed by atoms with E-state index < -0.39 is 0 Å². The molecular formula is C13H19N5. The standard InChI is InChI=1S/C13H19N5/c1-10(6-16-12-2-3-12)15-7-11-8-17-18-5-4-14-9-13(11)18/h4-5,8-10,12,15-16H,2-3,6-7H2,1H3. The maximum atomic E-state index is 4.30. The highest BCUT2D eigenvalue weighted by Gasteiger charge is 2.20. The molecule has 1 unspecified atom stereocenters. The lowest BCUT2D eigenvalue weighted by Crippen LogP contribution is -2.36. The van der Waals surface area contributed by atoms with Crippen LogP contribution in [0.3, 0.4) is 0 Å². The molecule has 2 heterocycles. The SMILES string of the molecule is CC(CNC1CC1)NCc1cnn2ccncc12. The Bertz CT molecular complexity index is 517. The molecule has 1 atom stereocenters. The van der Waals surface area contributed by atoms with E-state index in [2.05, 4.69) is 27.6 Å². The van der Waals surface area contributed by atoms with E-state index in [0.717, 1.165) is 24.6 Å². The molecule has 0 aromatic carbocycles. The van der Waals surface area contributed by atoms with E-state index >= 15 is 0 Å². The summed E-state index contributed by atoms with van der Waals surface area (Å²) < 4.78 is 1.86. The van der Waals surface area contributed by atoms with Crippen LogP contribution in [0, 0.1) is 0 Å². The molecule has 2 aromatic heterocycles. The number of hydrogen-bond donors (Lipinski definition) is 2. The fraction of sp³-hybridized carbons (Fsp3) is 0.538. The molecule has 96 valence electrons. The minimum atomic E-state index is 0.470. The molecule has 1 saturated carbocycles. The first-order valence-electron chi connectivity index (χ1n) is 6.56. The molecule has 0 amide bonds. The first-order chi connectivity index (χ1) is 8.83. The van der Waals surface area contributed by atoms with Crippen LogP contribution in [0.2, 0.25) is 0 Å². The van der Waals surface area contributed by atoms with Crippen LogP contribution in [0.1, 0.15) is 25.3 Å². The Kier molecular flexibility index (Phi) is 3.25. The maximum absolute atomic E-state index is 4.30. The van der Waals surface area contributed by atoms with E-state index in [9.17, 15) is 0 Å². The minimum Gasteiger partial charge on any atom is -0.312 e. The molecule has 1 aliphatic carbocycles. The summed E-state index contributed by atoms with van der Waals surface area (Å²) in [4.78, 5) is 4.14. The summed E-state index contributed by atoms with van der Waals surface area (Å²) >= 11 is 0. The van der Waals surface area contributed by atoms with Crippen LogP contribution in [-0.4, -0.2) is 33.2 Å². The van der Waals surface area contributed by atoms with Crippen molar-refractivity contribution in [2.24, 2.45) is 0 Å². The molecule has 5 nitrogen and oxygen atoms in total. The van der Waals surface area contributed by atoms with E-state index in [0.29, 0.717) is 6.04 Å². The Morgan fingerprint density at radius 2 is 2.33 bits per heavy atom. The molecule has 0 radical (unpaired) electrons. The average Bonchev–Trinajstić information content (AvgIpc) is 3.14. The van der Waals surface area contributed by atoms with E-state index in [-0.39, 0.29) is 0 Å². The summed E-state index contributed by atoms with van der Waals surface area (Å²) in [6.07, 6.45) is 10.1. The average molecular weight is 245 g/mol. The van der Waals surface area contributed by atoms with Gasteiger partial charge in [0.2, 0.25) is 0 Å². The van der Waals surface area contributed by atoms with Crippen molar-refractivity contribution in [3.63, 3.8) is 0 Å². The topological polar surface area (TPSA) is 54.2 Å². The van der Waals surface area contributed by atoms with Gasteiger partial charge in [-0.2, -0.15) is 5.10 Å². The minimum absolute atomic E-state index is 0.470. The van der Waals surface area contributed by atoms with Crippen molar-refractivity contribution < 1.29 is 0 Å². The fourth-order valence-corrected chi connectivity index (χ4v) is 2.01. The van der Waals surface area contributed by atoms with Crippen molar-refractivity contribution >= 4 is 5.52 Å². The summed E-state index contributed by atoms with van der Waals surface area (Å²) in [6, 6.07) is 1.24. The first kappa shape index (κ1) is 11.6. The Labute approximate surface area is 107 Å². The van der Waals surface area contributed by atoms with Crippen LogP contribution in [0.15, 0.2) is 24.8 Å². The van der Waals surface area contributed by atoms with Gasteiger partial charge in [0.05, 0.1) is 17.9 Å². The van der Waals surface area contributed by atoms with Crippen molar-refractivity contribution in [1.82, 2.24) is 25.2 Å². The van der Waals surface area contributed by atoms with Gasteiger partial charge in [0.25, 0.3) is 0 Å². The van der Waals surface area contributed by atoms with Gasteiger partial charge in [-0.3, -0.25) is 4.98 Å². The van der Waals surface area contributed by atoms with E-state index in [1.165, 1.54) is 18.4 Å². The highest BCUT2D eigenvalue weighted by molar-refractivity contribution is 5.51. The van der Waals surface area contributed by atoms with Crippen LogP contribution in [0.5, 0.6) is 0 Å². The second kappa shape index (κ2) is 5.04. The lowest BCUT2D eigenvalue weighted by molar-refractivity contribution is 0.501. The third kappa shape index (κ3) is 2.68. The van der Waals surface area contributed by atoms with Crippen molar-refractivity contribution in [2.75, 3.05) is 6.54 Å². The summed E-state index contributed by atoms with van der Waals surface area (Å²) in [7, 11) is 0. The normalized spacial score (nSPS) is 17.2. The van der Waals surface area contributed by atoms with Gasteiger partial charge in [0.1, 0.15) is 0 Å². The monoisotopic (exact) mass is 245 g/mol. The zero-order valence-corrected chi connectivity index (χ0v) is 10.6. The summed E-state index contributed by atoms with van der Waals surface area (Å²) in [5.74, 6) is 0. The lowest BCUT2D eigenvalue weighted by Gasteiger charge is -2.13. The summed E-state index contributed by atoms with van der Waals surface area (Å²) in [5.41, 5.74) is 2.27. The van der Waals surface area contributed by atoms with Crippen molar-refractivity contribution in [2.45, 2.75) is 38.4 Å². The van der Waals surface area contributed by atoms with Gasteiger partial charge in [-0.15, -0.1) is 0 Å². The smallest absolute Gasteiger partial charge is 0.0889 e. The van der Waals surface area contributed by atoms with E-state index in [1.54, 1.807) is 6.20 Å². The molecule has 2 aromatic rings.